The minimum atomic E-state index is -1.49. The summed E-state index contributed by atoms with van der Waals surface area (Å²) < 4.78 is 11.0. The fourth-order valence-corrected chi connectivity index (χ4v) is 1.97. The van der Waals surface area contributed by atoms with Gasteiger partial charge in [0.25, 0.3) is 0 Å². The molecule has 0 fully saturated rings. The van der Waals surface area contributed by atoms with Crippen molar-refractivity contribution in [2.75, 3.05) is 7.11 Å². The van der Waals surface area contributed by atoms with Crippen LogP contribution in [0.1, 0.15) is 18.1 Å². The van der Waals surface area contributed by atoms with Crippen LogP contribution < -0.4 is 15.2 Å². The Morgan fingerprint density at radius 2 is 1.86 bits per heavy atom. The van der Waals surface area contributed by atoms with Crippen LogP contribution in [0.3, 0.4) is 0 Å². The third kappa shape index (κ3) is 3.38. The van der Waals surface area contributed by atoms with Gasteiger partial charge in [0.05, 0.1) is 7.11 Å². The minimum Gasteiger partial charge on any atom is -0.493 e. The highest BCUT2D eigenvalue weighted by Crippen LogP contribution is 2.32. The molecule has 5 nitrogen and oxygen atoms in total. The molecule has 0 amide bonds. The highest BCUT2D eigenvalue weighted by atomic mass is 16.5. The molecular weight excluding hydrogens is 282 g/mol. The number of hydrogen-bond donors (Lipinski definition) is 2. The maximum Gasteiger partial charge on any atom is 0.328 e. The molecule has 0 aliphatic heterocycles. The van der Waals surface area contributed by atoms with Gasteiger partial charge < -0.3 is 20.3 Å². The van der Waals surface area contributed by atoms with Gasteiger partial charge in [0.1, 0.15) is 12.1 Å². The smallest absolute Gasteiger partial charge is 0.328 e. The molecule has 0 aliphatic carbocycles. The van der Waals surface area contributed by atoms with Gasteiger partial charge in [0.2, 0.25) is 0 Å². The zero-order valence-corrected chi connectivity index (χ0v) is 12.6. The summed E-state index contributed by atoms with van der Waals surface area (Å²) >= 11 is 0. The van der Waals surface area contributed by atoms with Crippen LogP contribution in [-0.2, 0) is 16.9 Å². The van der Waals surface area contributed by atoms with E-state index in [-0.39, 0.29) is 0 Å². The van der Waals surface area contributed by atoms with Gasteiger partial charge >= 0.3 is 5.97 Å². The van der Waals surface area contributed by atoms with Crippen molar-refractivity contribution in [3.63, 3.8) is 0 Å². The zero-order valence-electron chi connectivity index (χ0n) is 12.6. The third-order valence-corrected chi connectivity index (χ3v) is 3.44. The molecule has 0 spiro atoms. The van der Waals surface area contributed by atoms with Crippen LogP contribution in [0.15, 0.2) is 48.5 Å². The summed E-state index contributed by atoms with van der Waals surface area (Å²) in [6.07, 6.45) is 0. The summed E-state index contributed by atoms with van der Waals surface area (Å²) in [7, 11) is 1.53. The predicted octanol–water partition coefficient (Wildman–Crippen LogP) is 2.53. The summed E-state index contributed by atoms with van der Waals surface area (Å²) in [5.74, 6) is -0.116. The lowest BCUT2D eigenvalue weighted by Gasteiger charge is -2.21. The van der Waals surface area contributed by atoms with Crippen molar-refractivity contribution in [1.29, 1.82) is 0 Å². The predicted molar refractivity (Wildman–Crippen MR) is 82.9 cm³/mol. The van der Waals surface area contributed by atoms with Gasteiger partial charge in [-0.15, -0.1) is 0 Å². The first-order valence-corrected chi connectivity index (χ1v) is 6.82. The number of rotatable bonds is 6. The number of hydrogen-bond acceptors (Lipinski definition) is 4. The number of nitrogens with two attached hydrogens (primary N) is 1. The van der Waals surface area contributed by atoms with Crippen LogP contribution in [0.5, 0.6) is 11.5 Å². The molecule has 0 saturated heterocycles. The van der Waals surface area contributed by atoms with Crippen LogP contribution in [-0.4, -0.2) is 18.2 Å². The molecule has 0 heterocycles. The standard InChI is InChI=1S/C17H19NO4/c1-17(18,16(19)20)13-8-9-14(21-2)15(10-13)22-11-12-6-4-3-5-7-12/h3-10H,11,18H2,1-2H3,(H,19,20). The summed E-state index contributed by atoms with van der Waals surface area (Å²) in [6, 6.07) is 14.6. The van der Waals surface area contributed by atoms with Gasteiger partial charge in [-0.3, -0.25) is 0 Å². The van der Waals surface area contributed by atoms with E-state index in [1.54, 1.807) is 18.2 Å². The highest BCUT2D eigenvalue weighted by molar-refractivity contribution is 5.80. The molecule has 116 valence electrons. The summed E-state index contributed by atoms with van der Waals surface area (Å²) in [4.78, 5) is 11.3. The van der Waals surface area contributed by atoms with Crippen molar-refractivity contribution in [3.05, 3.63) is 59.7 Å². The van der Waals surface area contributed by atoms with Crippen molar-refractivity contribution in [1.82, 2.24) is 0 Å². The molecule has 0 aliphatic rings. The molecule has 22 heavy (non-hydrogen) atoms. The van der Waals surface area contributed by atoms with Crippen molar-refractivity contribution < 1.29 is 19.4 Å². The molecule has 2 rings (SSSR count). The van der Waals surface area contributed by atoms with Crippen molar-refractivity contribution in [2.45, 2.75) is 19.1 Å². The monoisotopic (exact) mass is 301 g/mol. The first-order chi connectivity index (χ1) is 10.4. The van der Waals surface area contributed by atoms with Crippen LogP contribution in [0.25, 0.3) is 0 Å². The van der Waals surface area contributed by atoms with E-state index >= 15 is 0 Å². The Bertz CT molecular complexity index is 653. The van der Waals surface area contributed by atoms with E-state index in [1.165, 1.54) is 14.0 Å². The quantitative estimate of drug-likeness (QED) is 0.857. The van der Waals surface area contributed by atoms with Gasteiger partial charge in [0.15, 0.2) is 11.5 Å². The Morgan fingerprint density at radius 3 is 2.45 bits per heavy atom. The fraction of sp³-hybridized carbons (Fsp3) is 0.235. The van der Waals surface area contributed by atoms with E-state index < -0.39 is 11.5 Å². The van der Waals surface area contributed by atoms with E-state index in [0.29, 0.717) is 23.7 Å². The Hall–Kier alpha value is -2.53. The summed E-state index contributed by atoms with van der Waals surface area (Å²) in [5, 5.41) is 9.22. The second-order valence-corrected chi connectivity index (χ2v) is 5.15. The van der Waals surface area contributed by atoms with Crippen LogP contribution in [0.2, 0.25) is 0 Å². The average Bonchev–Trinajstić information content (AvgIpc) is 2.53. The Balaban J connectivity index is 2.27. The average molecular weight is 301 g/mol. The van der Waals surface area contributed by atoms with Crippen molar-refractivity contribution in [2.24, 2.45) is 5.73 Å². The lowest BCUT2D eigenvalue weighted by Crippen LogP contribution is -2.41. The number of aliphatic carboxylic acids is 1. The molecule has 0 bridgehead atoms. The van der Waals surface area contributed by atoms with Crippen molar-refractivity contribution >= 4 is 5.97 Å². The second kappa shape index (κ2) is 6.49. The molecule has 0 radical (unpaired) electrons. The van der Waals surface area contributed by atoms with Gasteiger partial charge in [-0.25, -0.2) is 4.79 Å². The molecule has 2 aromatic rings. The Labute approximate surface area is 129 Å². The summed E-state index contributed by atoms with van der Waals surface area (Å²) in [6.45, 7) is 1.80. The maximum absolute atomic E-state index is 11.3. The number of carboxylic acids is 1. The van der Waals surface area contributed by atoms with Gasteiger partial charge in [-0.1, -0.05) is 36.4 Å². The van der Waals surface area contributed by atoms with E-state index in [1.807, 2.05) is 30.3 Å². The fourth-order valence-electron chi connectivity index (χ4n) is 1.97. The first kappa shape index (κ1) is 15.9. The number of benzene rings is 2. The van der Waals surface area contributed by atoms with Crippen LogP contribution in [0, 0.1) is 0 Å². The Kier molecular flexibility index (Phi) is 4.68. The number of ether oxygens (including phenoxy) is 2. The summed E-state index contributed by atoms with van der Waals surface area (Å²) in [5.41, 5.74) is 5.82. The van der Waals surface area contributed by atoms with E-state index in [4.69, 9.17) is 15.2 Å². The zero-order chi connectivity index (χ0) is 16.2. The third-order valence-electron chi connectivity index (χ3n) is 3.44. The highest BCUT2D eigenvalue weighted by Gasteiger charge is 2.31. The minimum absolute atomic E-state index is 0.356. The van der Waals surface area contributed by atoms with Crippen LogP contribution >= 0.6 is 0 Å². The number of methoxy groups -OCH3 is 1. The molecule has 5 heteroatoms. The van der Waals surface area contributed by atoms with Gasteiger partial charge in [0, 0.05) is 0 Å². The van der Waals surface area contributed by atoms with E-state index in [2.05, 4.69) is 0 Å². The molecule has 0 saturated carbocycles. The van der Waals surface area contributed by atoms with E-state index in [0.717, 1.165) is 5.56 Å². The lowest BCUT2D eigenvalue weighted by atomic mass is 9.93. The second-order valence-electron chi connectivity index (χ2n) is 5.15. The normalized spacial score (nSPS) is 13.2. The molecular formula is C17H19NO4. The molecule has 0 aromatic heterocycles. The lowest BCUT2D eigenvalue weighted by molar-refractivity contribution is -0.143. The Morgan fingerprint density at radius 1 is 1.18 bits per heavy atom. The van der Waals surface area contributed by atoms with Gasteiger partial charge in [-0.05, 0) is 30.2 Å². The SMILES string of the molecule is COc1ccc(C(C)(N)C(=O)O)cc1OCc1ccccc1. The maximum atomic E-state index is 11.3. The largest absolute Gasteiger partial charge is 0.493 e. The van der Waals surface area contributed by atoms with Crippen molar-refractivity contribution in [3.8, 4) is 11.5 Å². The number of carbonyl (C=O) groups is 1. The van der Waals surface area contributed by atoms with E-state index in [9.17, 15) is 9.90 Å². The number of carboxylic acid groups (broad SMARTS) is 1. The molecule has 3 N–H and O–H groups in total. The topological polar surface area (TPSA) is 81.8 Å². The van der Waals surface area contributed by atoms with Crippen LogP contribution in [0.4, 0.5) is 0 Å². The molecule has 2 aromatic carbocycles. The molecule has 1 unspecified atom stereocenters. The van der Waals surface area contributed by atoms with Gasteiger partial charge in [-0.2, -0.15) is 0 Å². The molecule has 1 atom stereocenters. The first-order valence-electron chi connectivity index (χ1n) is 6.82.